The fraction of sp³-hybridized carbons (Fsp3) is 0.0588. The Bertz CT molecular complexity index is 955. The molecule has 0 saturated heterocycles. The lowest BCUT2D eigenvalue weighted by atomic mass is 10.2. The second-order valence-electron chi connectivity index (χ2n) is 4.95. The largest absolute Gasteiger partial charge is 0.452 e. The number of hydrogen-bond donors (Lipinski definition) is 1. The van der Waals surface area contributed by atoms with Crippen molar-refractivity contribution >= 4 is 58.0 Å². The molecule has 1 N–H and O–H groups in total. The van der Waals surface area contributed by atoms with Gasteiger partial charge in [0.2, 0.25) is 0 Å². The van der Waals surface area contributed by atoms with Gasteiger partial charge in [0.1, 0.15) is 11.0 Å². The molecule has 0 aliphatic rings. The highest BCUT2D eigenvalue weighted by atomic mass is 35.5. The molecule has 8 heteroatoms. The first kappa shape index (κ1) is 17.1. The molecule has 6 nitrogen and oxygen atoms in total. The van der Waals surface area contributed by atoms with E-state index >= 15 is 0 Å². The van der Waals surface area contributed by atoms with Crippen molar-refractivity contribution in [2.75, 3.05) is 11.9 Å². The third-order valence-electron chi connectivity index (χ3n) is 3.21. The predicted molar refractivity (Wildman–Crippen MR) is 97.5 cm³/mol. The van der Waals surface area contributed by atoms with Crippen LogP contribution in [0.4, 0.5) is 5.69 Å². The molecule has 0 spiro atoms. The van der Waals surface area contributed by atoms with Gasteiger partial charge in [-0.3, -0.25) is 4.79 Å². The van der Waals surface area contributed by atoms with Gasteiger partial charge < -0.3 is 10.1 Å². The number of halogens is 1. The normalized spacial score (nSPS) is 10.9. The number of fused-ring (bicyclic) bond motifs is 1. The van der Waals surface area contributed by atoms with Gasteiger partial charge in [-0.1, -0.05) is 35.9 Å². The topological polar surface area (TPSA) is 81.2 Å². The molecule has 126 valence electrons. The van der Waals surface area contributed by atoms with Crippen LogP contribution in [0.15, 0.2) is 48.5 Å². The lowest BCUT2D eigenvalue weighted by Gasteiger charge is -2.05. The van der Waals surface area contributed by atoms with Crippen LogP contribution in [0.1, 0.15) is 5.56 Å². The molecule has 25 heavy (non-hydrogen) atoms. The van der Waals surface area contributed by atoms with Gasteiger partial charge in [0.05, 0.1) is 17.4 Å². The zero-order valence-electron chi connectivity index (χ0n) is 12.8. The molecule has 2 aromatic carbocycles. The van der Waals surface area contributed by atoms with Crippen LogP contribution in [0.2, 0.25) is 5.02 Å². The van der Waals surface area contributed by atoms with E-state index in [1.165, 1.54) is 12.2 Å². The van der Waals surface area contributed by atoms with Crippen molar-refractivity contribution in [3.63, 3.8) is 0 Å². The summed E-state index contributed by atoms with van der Waals surface area (Å²) in [6.45, 7) is -0.403. The van der Waals surface area contributed by atoms with Crippen molar-refractivity contribution < 1.29 is 14.3 Å². The van der Waals surface area contributed by atoms with E-state index in [9.17, 15) is 9.59 Å². The highest BCUT2D eigenvalue weighted by molar-refractivity contribution is 7.00. The summed E-state index contributed by atoms with van der Waals surface area (Å²) in [5, 5.41) is 3.17. The quantitative estimate of drug-likeness (QED) is 0.546. The van der Waals surface area contributed by atoms with E-state index in [1.807, 2.05) is 0 Å². The second kappa shape index (κ2) is 7.87. The Morgan fingerprint density at radius 1 is 1.16 bits per heavy atom. The number of esters is 1. The smallest absolute Gasteiger partial charge is 0.331 e. The number of nitrogens with one attached hydrogen (secondary N) is 1. The number of hydrogen-bond acceptors (Lipinski definition) is 6. The van der Waals surface area contributed by atoms with Crippen molar-refractivity contribution in [1.82, 2.24) is 8.75 Å². The monoisotopic (exact) mass is 373 g/mol. The summed E-state index contributed by atoms with van der Waals surface area (Å²) in [4.78, 5) is 23.6. The minimum absolute atomic E-state index is 0.403. The zero-order chi connectivity index (χ0) is 17.6. The lowest BCUT2D eigenvalue weighted by Crippen LogP contribution is -2.20. The zero-order valence-corrected chi connectivity index (χ0v) is 14.4. The molecule has 0 aliphatic carbocycles. The highest BCUT2D eigenvalue weighted by Gasteiger charge is 2.10. The second-order valence-corrected chi connectivity index (χ2v) is 5.88. The molecule has 0 saturated carbocycles. The van der Waals surface area contributed by atoms with Gasteiger partial charge in [-0.2, -0.15) is 8.75 Å². The fourth-order valence-electron chi connectivity index (χ4n) is 2.05. The molecule has 0 atom stereocenters. The van der Waals surface area contributed by atoms with Gasteiger partial charge in [-0.05, 0) is 29.8 Å². The standard InChI is InChI=1S/C17H12ClN3O3S/c18-12-5-2-1-4-11(12)8-9-16(23)24-10-15(22)19-13-6-3-7-14-17(13)21-25-20-14/h1-9H,10H2,(H,19,22)/b9-8+. The number of aromatic nitrogens is 2. The van der Waals surface area contributed by atoms with E-state index in [-0.39, 0.29) is 0 Å². The lowest BCUT2D eigenvalue weighted by molar-refractivity contribution is -0.142. The van der Waals surface area contributed by atoms with Gasteiger partial charge in [-0.15, -0.1) is 0 Å². The van der Waals surface area contributed by atoms with Crippen molar-refractivity contribution in [3.8, 4) is 0 Å². The van der Waals surface area contributed by atoms with Crippen LogP contribution in [0, 0.1) is 0 Å². The summed E-state index contributed by atoms with van der Waals surface area (Å²) in [7, 11) is 0. The maximum Gasteiger partial charge on any atom is 0.331 e. The first-order valence-corrected chi connectivity index (χ1v) is 8.35. The van der Waals surface area contributed by atoms with Crippen molar-refractivity contribution in [2.24, 2.45) is 0 Å². The van der Waals surface area contributed by atoms with E-state index in [0.717, 1.165) is 11.7 Å². The van der Waals surface area contributed by atoms with Crippen LogP contribution in [0.5, 0.6) is 0 Å². The predicted octanol–water partition coefficient (Wildman–Crippen LogP) is 3.54. The fourth-order valence-corrected chi connectivity index (χ4v) is 2.79. The number of carbonyl (C=O) groups excluding carboxylic acids is 2. The average molecular weight is 374 g/mol. The minimum Gasteiger partial charge on any atom is -0.452 e. The van der Waals surface area contributed by atoms with E-state index in [1.54, 1.807) is 42.5 Å². The molecular weight excluding hydrogens is 362 g/mol. The first-order chi connectivity index (χ1) is 12.1. The van der Waals surface area contributed by atoms with Gasteiger partial charge in [-0.25, -0.2) is 4.79 Å². The Hall–Kier alpha value is -2.77. The molecule has 0 radical (unpaired) electrons. The molecule has 0 unspecified atom stereocenters. The van der Waals surface area contributed by atoms with E-state index in [4.69, 9.17) is 16.3 Å². The van der Waals surface area contributed by atoms with Crippen molar-refractivity contribution in [2.45, 2.75) is 0 Å². The minimum atomic E-state index is -0.636. The summed E-state index contributed by atoms with van der Waals surface area (Å²) in [5.74, 6) is -1.09. The Labute approximate surface area is 152 Å². The third-order valence-corrected chi connectivity index (χ3v) is 4.10. The van der Waals surface area contributed by atoms with Crippen LogP contribution in [-0.4, -0.2) is 27.2 Å². The van der Waals surface area contributed by atoms with E-state index in [2.05, 4.69) is 14.1 Å². The number of rotatable bonds is 5. The Balaban J connectivity index is 1.54. The Morgan fingerprint density at radius 2 is 2.00 bits per heavy atom. The van der Waals surface area contributed by atoms with Crippen LogP contribution < -0.4 is 5.32 Å². The molecule has 0 bridgehead atoms. The average Bonchev–Trinajstić information content (AvgIpc) is 3.09. The molecule has 1 heterocycles. The van der Waals surface area contributed by atoms with Crippen LogP contribution in [0.3, 0.4) is 0 Å². The van der Waals surface area contributed by atoms with Crippen LogP contribution in [-0.2, 0) is 14.3 Å². The van der Waals surface area contributed by atoms with Gasteiger partial charge in [0.25, 0.3) is 5.91 Å². The van der Waals surface area contributed by atoms with Gasteiger partial charge in [0, 0.05) is 11.1 Å². The van der Waals surface area contributed by atoms with E-state index < -0.39 is 18.5 Å². The van der Waals surface area contributed by atoms with E-state index in [0.29, 0.717) is 27.3 Å². The molecule has 3 aromatic rings. The maximum absolute atomic E-state index is 11.9. The maximum atomic E-state index is 11.9. The summed E-state index contributed by atoms with van der Waals surface area (Å²) < 4.78 is 13.1. The number of carbonyl (C=O) groups is 2. The number of ether oxygens (including phenoxy) is 1. The molecular formula is C17H12ClN3O3S. The molecule has 0 aliphatic heterocycles. The molecule has 0 fully saturated rings. The number of amides is 1. The molecule has 3 rings (SSSR count). The number of anilines is 1. The van der Waals surface area contributed by atoms with Crippen molar-refractivity contribution in [1.29, 1.82) is 0 Å². The first-order valence-electron chi connectivity index (χ1n) is 7.24. The summed E-state index contributed by atoms with van der Waals surface area (Å²) in [5.41, 5.74) is 2.51. The number of benzene rings is 2. The van der Waals surface area contributed by atoms with Gasteiger partial charge >= 0.3 is 5.97 Å². The molecule has 1 aromatic heterocycles. The Morgan fingerprint density at radius 3 is 2.84 bits per heavy atom. The molecule has 1 amide bonds. The van der Waals surface area contributed by atoms with Crippen molar-refractivity contribution in [3.05, 3.63) is 59.1 Å². The third kappa shape index (κ3) is 4.40. The van der Waals surface area contributed by atoms with Gasteiger partial charge in [0.15, 0.2) is 6.61 Å². The highest BCUT2D eigenvalue weighted by Crippen LogP contribution is 2.21. The van der Waals surface area contributed by atoms with Crippen LogP contribution >= 0.6 is 23.3 Å². The summed E-state index contributed by atoms with van der Waals surface area (Å²) in [6.07, 6.45) is 2.75. The Kier molecular flexibility index (Phi) is 5.37. The summed E-state index contributed by atoms with van der Waals surface area (Å²) in [6, 6.07) is 12.3. The summed E-state index contributed by atoms with van der Waals surface area (Å²) >= 11 is 7.05. The van der Waals surface area contributed by atoms with Crippen LogP contribution in [0.25, 0.3) is 17.1 Å². The number of nitrogens with zero attached hydrogens (tertiary/aromatic N) is 2. The SMILES string of the molecule is O=C(COC(=O)/C=C/c1ccccc1Cl)Nc1cccc2nsnc12.